The van der Waals surface area contributed by atoms with Crippen LogP contribution in [0.3, 0.4) is 0 Å². The highest BCUT2D eigenvalue weighted by atomic mass is 19.1. The number of aliphatic hydroxyl groups excluding tert-OH is 1. The predicted molar refractivity (Wildman–Crippen MR) is 78.4 cm³/mol. The molecule has 116 valence electrons. The smallest absolute Gasteiger partial charge is 0.155 e. The molecule has 0 aliphatic heterocycles. The average molecular weight is 292 g/mol. The molecule has 3 saturated carbocycles. The molecule has 7 atom stereocenters. The molecule has 1 unspecified atom stereocenters. The molecule has 0 amide bonds. The van der Waals surface area contributed by atoms with Gasteiger partial charge in [0.15, 0.2) is 5.78 Å². The van der Waals surface area contributed by atoms with Gasteiger partial charge in [0.2, 0.25) is 0 Å². The summed E-state index contributed by atoms with van der Waals surface area (Å²) in [5.74, 6) is 1.50. The first-order valence-corrected chi connectivity index (χ1v) is 8.56. The molecule has 21 heavy (non-hydrogen) atoms. The van der Waals surface area contributed by atoms with Crippen molar-refractivity contribution in [2.75, 3.05) is 0 Å². The molecule has 4 rings (SSSR count). The Bertz CT molecular complexity index is 499. The third kappa shape index (κ3) is 1.89. The number of aliphatic hydroxyl groups is 1. The number of rotatable bonds is 0. The van der Waals surface area contributed by atoms with Crippen molar-refractivity contribution < 1.29 is 14.3 Å². The number of allylic oxidation sites excluding steroid dienone is 1. The number of fused-ring (bicyclic) bond motifs is 5. The van der Waals surface area contributed by atoms with E-state index in [1.54, 1.807) is 0 Å². The maximum absolute atomic E-state index is 15.0. The zero-order chi connectivity index (χ0) is 14.8. The number of carbonyl (C=O) groups is 1. The molecular weight excluding hydrogens is 267 g/mol. The Kier molecular flexibility index (Phi) is 3.08. The van der Waals surface area contributed by atoms with E-state index in [1.807, 2.05) is 6.08 Å². The largest absolute Gasteiger partial charge is 0.393 e. The lowest BCUT2D eigenvalue weighted by molar-refractivity contribution is -0.117. The molecule has 0 aromatic rings. The monoisotopic (exact) mass is 292 g/mol. The summed E-state index contributed by atoms with van der Waals surface area (Å²) < 4.78 is 15.0. The maximum atomic E-state index is 15.0. The molecule has 0 aromatic carbocycles. The Morgan fingerprint density at radius 3 is 2.86 bits per heavy atom. The molecule has 0 saturated heterocycles. The molecule has 0 spiro atoms. The van der Waals surface area contributed by atoms with Gasteiger partial charge in [-0.3, -0.25) is 4.79 Å². The maximum Gasteiger partial charge on any atom is 0.155 e. The summed E-state index contributed by atoms with van der Waals surface area (Å²) in [5.41, 5.74) is 1.00. The number of hydrogen-bond acceptors (Lipinski definition) is 2. The van der Waals surface area contributed by atoms with Crippen LogP contribution in [-0.2, 0) is 4.79 Å². The molecule has 0 radical (unpaired) electrons. The van der Waals surface area contributed by atoms with Gasteiger partial charge in [-0.05, 0) is 73.7 Å². The van der Waals surface area contributed by atoms with Crippen LogP contribution in [0.4, 0.5) is 4.39 Å². The molecule has 3 fully saturated rings. The fourth-order valence-electron chi connectivity index (χ4n) is 6.17. The van der Waals surface area contributed by atoms with Crippen molar-refractivity contribution >= 4 is 5.78 Å². The van der Waals surface area contributed by atoms with Gasteiger partial charge in [-0.25, -0.2) is 4.39 Å². The van der Waals surface area contributed by atoms with Crippen molar-refractivity contribution in [1.82, 2.24) is 0 Å². The minimum Gasteiger partial charge on any atom is -0.393 e. The molecular formula is C18H25FO2. The minimum atomic E-state index is -0.814. The van der Waals surface area contributed by atoms with Crippen LogP contribution < -0.4 is 0 Å². The summed E-state index contributed by atoms with van der Waals surface area (Å²) in [6, 6.07) is 0. The summed E-state index contributed by atoms with van der Waals surface area (Å²) in [6.45, 7) is 2.11. The van der Waals surface area contributed by atoms with Crippen LogP contribution in [0.5, 0.6) is 0 Å². The SMILES string of the molecule is C[C@]12C[C@H](F)[C@H]3[C@@H](CCC4=CC(=O)CC[C@@H]43)[C@@H]1CCC2O. The summed E-state index contributed by atoms with van der Waals surface area (Å²) in [4.78, 5) is 11.6. The zero-order valence-electron chi connectivity index (χ0n) is 12.7. The Labute approximate surface area is 125 Å². The van der Waals surface area contributed by atoms with Crippen LogP contribution in [-0.4, -0.2) is 23.2 Å². The van der Waals surface area contributed by atoms with Gasteiger partial charge in [0.1, 0.15) is 6.17 Å². The van der Waals surface area contributed by atoms with Crippen LogP contribution in [0.2, 0.25) is 0 Å². The zero-order valence-corrected chi connectivity index (χ0v) is 12.7. The van der Waals surface area contributed by atoms with Crippen molar-refractivity contribution in [3.05, 3.63) is 11.6 Å². The van der Waals surface area contributed by atoms with Crippen molar-refractivity contribution in [2.45, 2.75) is 64.1 Å². The average Bonchev–Trinajstić information content (AvgIpc) is 2.74. The molecule has 0 aromatic heterocycles. The standard InChI is InChI=1S/C18H25FO2/c1-18-9-15(19)17-12-5-3-11(20)8-10(12)2-4-13(17)14(18)6-7-16(18)21/h8,12-17,21H,2-7,9H2,1H3/t12-,13-,14-,15-,16?,17+,18-/m0/s1. The Hall–Kier alpha value is -0.700. The molecule has 2 nitrogen and oxygen atoms in total. The third-order valence-electron chi connectivity index (χ3n) is 7.18. The molecule has 4 aliphatic carbocycles. The first kappa shape index (κ1) is 13.9. The van der Waals surface area contributed by atoms with E-state index in [1.165, 1.54) is 5.57 Å². The third-order valence-corrected chi connectivity index (χ3v) is 7.18. The van der Waals surface area contributed by atoms with Gasteiger partial charge in [0, 0.05) is 6.42 Å². The van der Waals surface area contributed by atoms with Gasteiger partial charge in [0.05, 0.1) is 6.10 Å². The van der Waals surface area contributed by atoms with E-state index in [0.717, 1.165) is 32.1 Å². The van der Waals surface area contributed by atoms with Gasteiger partial charge >= 0.3 is 0 Å². The van der Waals surface area contributed by atoms with Gasteiger partial charge < -0.3 is 5.11 Å². The fourth-order valence-corrected chi connectivity index (χ4v) is 6.17. The van der Waals surface area contributed by atoms with Crippen molar-refractivity contribution in [3.63, 3.8) is 0 Å². The van der Waals surface area contributed by atoms with Crippen LogP contribution in [0.1, 0.15) is 51.9 Å². The highest BCUT2D eigenvalue weighted by Crippen LogP contribution is 2.62. The molecule has 0 bridgehead atoms. The Morgan fingerprint density at radius 1 is 1.24 bits per heavy atom. The predicted octanol–water partition coefficient (Wildman–Crippen LogP) is 3.44. The summed E-state index contributed by atoms with van der Waals surface area (Å²) in [5, 5.41) is 10.3. The summed E-state index contributed by atoms with van der Waals surface area (Å²) in [6.07, 6.45) is 6.48. The van der Waals surface area contributed by atoms with E-state index in [-0.39, 0.29) is 23.2 Å². The lowest BCUT2D eigenvalue weighted by Crippen LogP contribution is -2.52. The second kappa shape index (κ2) is 4.65. The highest BCUT2D eigenvalue weighted by Gasteiger charge is 2.59. The Morgan fingerprint density at radius 2 is 2.05 bits per heavy atom. The number of hydrogen-bond donors (Lipinski definition) is 1. The molecule has 1 N–H and O–H groups in total. The van der Waals surface area contributed by atoms with Gasteiger partial charge in [0.25, 0.3) is 0 Å². The highest BCUT2D eigenvalue weighted by molar-refractivity contribution is 5.91. The van der Waals surface area contributed by atoms with Crippen molar-refractivity contribution in [1.29, 1.82) is 0 Å². The Balaban J connectivity index is 1.68. The topological polar surface area (TPSA) is 37.3 Å². The van der Waals surface area contributed by atoms with E-state index < -0.39 is 6.17 Å². The van der Waals surface area contributed by atoms with Gasteiger partial charge in [-0.15, -0.1) is 0 Å². The number of halogens is 1. The lowest BCUT2D eigenvalue weighted by Gasteiger charge is -2.54. The minimum absolute atomic E-state index is 0.0986. The summed E-state index contributed by atoms with van der Waals surface area (Å²) >= 11 is 0. The van der Waals surface area contributed by atoms with E-state index in [9.17, 15) is 9.90 Å². The van der Waals surface area contributed by atoms with Gasteiger partial charge in [-0.2, -0.15) is 0 Å². The number of carbonyl (C=O) groups excluding carboxylic acids is 1. The lowest BCUT2D eigenvalue weighted by atomic mass is 9.51. The van der Waals surface area contributed by atoms with Gasteiger partial charge in [-0.1, -0.05) is 12.5 Å². The van der Waals surface area contributed by atoms with Crippen LogP contribution >= 0.6 is 0 Å². The van der Waals surface area contributed by atoms with Crippen LogP contribution in [0.25, 0.3) is 0 Å². The second-order valence-corrected chi connectivity index (χ2v) is 8.04. The second-order valence-electron chi connectivity index (χ2n) is 8.04. The molecule has 4 aliphatic rings. The van der Waals surface area contributed by atoms with Crippen molar-refractivity contribution in [2.24, 2.45) is 29.1 Å². The van der Waals surface area contributed by atoms with Crippen LogP contribution in [0, 0.1) is 29.1 Å². The number of ketones is 1. The quantitative estimate of drug-likeness (QED) is 0.742. The fraction of sp³-hybridized carbons (Fsp3) is 0.833. The molecule has 0 heterocycles. The normalized spacial score (nSPS) is 52.7. The van der Waals surface area contributed by atoms with Crippen molar-refractivity contribution in [3.8, 4) is 0 Å². The first-order chi connectivity index (χ1) is 10.0. The van der Waals surface area contributed by atoms with E-state index in [2.05, 4.69) is 6.92 Å². The molecule has 3 heteroatoms. The first-order valence-electron chi connectivity index (χ1n) is 8.56. The van der Waals surface area contributed by atoms with E-state index in [0.29, 0.717) is 30.6 Å². The number of alkyl halides is 1. The van der Waals surface area contributed by atoms with E-state index in [4.69, 9.17) is 0 Å². The van der Waals surface area contributed by atoms with Crippen LogP contribution in [0.15, 0.2) is 11.6 Å². The summed E-state index contributed by atoms with van der Waals surface area (Å²) in [7, 11) is 0. The van der Waals surface area contributed by atoms with E-state index >= 15 is 4.39 Å².